The van der Waals surface area contributed by atoms with Crippen molar-refractivity contribution < 1.29 is 18.6 Å². The minimum Gasteiger partial charge on any atom is -0.497 e. The van der Waals surface area contributed by atoms with Gasteiger partial charge in [-0.1, -0.05) is 6.92 Å². The Labute approximate surface area is 145 Å². The van der Waals surface area contributed by atoms with E-state index in [1.807, 2.05) is 31.2 Å². The average Bonchev–Trinajstić information content (AvgIpc) is 2.66. The van der Waals surface area contributed by atoms with E-state index < -0.39 is 0 Å². The number of ether oxygens (including phenoxy) is 3. The summed E-state index contributed by atoms with van der Waals surface area (Å²) in [6.07, 6.45) is 0.665. The van der Waals surface area contributed by atoms with Gasteiger partial charge in [0.05, 0.1) is 21.3 Å². The standard InChI is InChI=1S/C20H20O5/c1-5-14-17(23-3)11-18(24-4)19-15(21)10-16(25-20(14)19)12-6-8-13(22-2)9-7-12/h6-11H,5H2,1-4H3. The molecule has 0 aliphatic rings. The molecule has 1 heterocycles. The van der Waals surface area contributed by atoms with E-state index in [-0.39, 0.29) is 5.43 Å². The van der Waals surface area contributed by atoms with Crippen LogP contribution in [0.5, 0.6) is 17.2 Å². The lowest BCUT2D eigenvalue weighted by Crippen LogP contribution is -2.05. The van der Waals surface area contributed by atoms with Crippen LogP contribution in [-0.2, 0) is 6.42 Å². The molecule has 5 heteroatoms. The van der Waals surface area contributed by atoms with Crippen molar-refractivity contribution in [3.8, 4) is 28.6 Å². The van der Waals surface area contributed by atoms with Gasteiger partial charge in [-0.2, -0.15) is 0 Å². The molecule has 0 spiro atoms. The number of benzene rings is 2. The molecule has 3 aromatic rings. The Kier molecular flexibility index (Phi) is 4.65. The second kappa shape index (κ2) is 6.89. The molecule has 2 aromatic carbocycles. The molecule has 0 aliphatic carbocycles. The van der Waals surface area contributed by atoms with E-state index in [4.69, 9.17) is 18.6 Å². The Morgan fingerprint density at radius 2 is 1.60 bits per heavy atom. The summed E-state index contributed by atoms with van der Waals surface area (Å²) in [6, 6.07) is 10.6. The molecule has 0 amide bonds. The Morgan fingerprint density at radius 1 is 0.920 bits per heavy atom. The molecule has 0 fully saturated rings. The van der Waals surface area contributed by atoms with E-state index >= 15 is 0 Å². The Hall–Kier alpha value is -2.95. The molecule has 0 atom stereocenters. The highest BCUT2D eigenvalue weighted by molar-refractivity contribution is 5.89. The molecule has 0 N–H and O–H groups in total. The third-order valence-corrected chi connectivity index (χ3v) is 4.20. The summed E-state index contributed by atoms with van der Waals surface area (Å²) < 4.78 is 22.1. The molecule has 25 heavy (non-hydrogen) atoms. The molecule has 0 saturated heterocycles. The number of hydrogen-bond donors (Lipinski definition) is 0. The number of aryl methyl sites for hydroxylation is 1. The summed E-state index contributed by atoms with van der Waals surface area (Å²) in [5.74, 6) is 2.32. The lowest BCUT2D eigenvalue weighted by Gasteiger charge is -2.14. The highest BCUT2D eigenvalue weighted by atomic mass is 16.5. The minimum absolute atomic E-state index is 0.152. The van der Waals surface area contributed by atoms with Crippen LogP contribution in [0.1, 0.15) is 12.5 Å². The van der Waals surface area contributed by atoms with E-state index in [0.29, 0.717) is 34.6 Å². The summed E-state index contributed by atoms with van der Waals surface area (Å²) in [7, 11) is 4.72. The first-order chi connectivity index (χ1) is 12.1. The fourth-order valence-electron chi connectivity index (χ4n) is 2.91. The molecule has 0 saturated carbocycles. The maximum Gasteiger partial charge on any atom is 0.197 e. The van der Waals surface area contributed by atoms with Gasteiger partial charge < -0.3 is 18.6 Å². The minimum atomic E-state index is -0.152. The Balaban J connectivity index is 2.31. The SMILES string of the molecule is CCc1c(OC)cc(OC)c2c(=O)cc(-c3ccc(OC)cc3)oc12. The van der Waals surface area contributed by atoms with E-state index in [1.165, 1.54) is 13.2 Å². The zero-order valence-corrected chi connectivity index (χ0v) is 14.7. The largest absolute Gasteiger partial charge is 0.497 e. The molecule has 0 aliphatic heterocycles. The van der Waals surface area contributed by atoms with Crippen molar-refractivity contribution in [1.82, 2.24) is 0 Å². The molecular weight excluding hydrogens is 320 g/mol. The van der Waals surface area contributed by atoms with Crippen LogP contribution in [0.2, 0.25) is 0 Å². The van der Waals surface area contributed by atoms with Crippen LogP contribution in [-0.4, -0.2) is 21.3 Å². The van der Waals surface area contributed by atoms with E-state index in [1.54, 1.807) is 20.3 Å². The van der Waals surface area contributed by atoms with Crippen molar-refractivity contribution in [3.05, 3.63) is 52.2 Å². The maximum atomic E-state index is 12.7. The third-order valence-electron chi connectivity index (χ3n) is 4.20. The topological polar surface area (TPSA) is 57.9 Å². The monoisotopic (exact) mass is 340 g/mol. The maximum absolute atomic E-state index is 12.7. The first-order valence-electron chi connectivity index (χ1n) is 7.99. The number of hydrogen-bond acceptors (Lipinski definition) is 5. The van der Waals surface area contributed by atoms with Gasteiger partial charge in [0.25, 0.3) is 0 Å². The summed E-state index contributed by atoms with van der Waals surface area (Å²) in [4.78, 5) is 12.7. The summed E-state index contributed by atoms with van der Waals surface area (Å²) in [5, 5.41) is 0.428. The molecule has 0 unspecified atom stereocenters. The van der Waals surface area contributed by atoms with Gasteiger partial charge in [0.2, 0.25) is 0 Å². The molecule has 0 radical (unpaired) electrons. The van der Waals surface area contributed by atoms with Crippen LogP contribution in [0.15, 0.2) is 45.6 Å². The zero-order chi connectivity index (χ0) is 18.0. The molecular formula is C20H20O5. The first kappa shape index (κ1) is 16.9. The van der Waals surface area contributed by atoms with Gasteiger partial charge in [0.15, 0.2) is 5.43 Å². The number of methoxy groups -OCH3 is 3. The van der Waals surface area contributed by atoms with Gasteiger partial charge in [-0.15, -0.1) is 0 Å². The second-order valence-corrected chi connectivity index (χ2v) is 5.52. The fourth-order valence-corrected chi connectivity index (χ4v) is 2.91. The van der Waals surface area contributed by atoms with Crippen molar-refractivity contribution in [2.45, 2.75) is 13.3 Å². The Morgan fingerprint density at radius 3 is 2.16 bits per heavy atom. The van der Waals surface area contributed by atoms with Crippen molar-refractivity contribution in [1.29, 1.82) is 0 Å². The quantitative estimate of drug-likeness (QED) is 0.701. The predicted octanol–water partition coefficient (Wildman–Crippen LogP) is 4.05. The van der Waals surface area contributed by atoms with Crippen LogP contribution in [0.3, 0.4) is 0 Å². The van der Waals surface area contributed by atoms with Crippen molar-refractivity contribution in [3.63, 3.8) is 0 Å². The molecule has 5 nitrogen and oxygen atoms in total. The number of rotatable bonds is 5. The Bertz CT molecular complexity index is 954. The van der Waals surface area contributed by atoms with E-state index in [9.17, 15) is 4.79 Å². The summed E-state index contributed by atoms with van der Waals surface area (Å²) >= 11 is 0. The van der Waals surface area contributed by atoms with Gasteiger partial charge in [0, 0.05) is 23.3 Å². The van der Waals surface area contributed by atoms with E-state index in [2.05, 4.69) is 0 Å². The molecule has 3 rings (SSSR count). The van der Waals surface area contributed by atoms with E-state index in [0.717, 1.165) is 16.9 Å². The van der Waals surface area contributed by atoms with Crippen LogP contribution in [0.25, 0.3) is 22.3 Å². The van der Waals surface area contributed by atoms with Crippen molar-refractivity contribution >= 4 is 11.0 Å². The highest BCUT2D eigenvalue weighted by Gasteiger charge is 2.18. The van der Waals surface area contributed by atoms with Crippen LogP contribution in [0.4, 0.5) is 0 Å². The third kappa shape index (κ3) is 2.93. The normalized spacial score (nSPS) is 10.7. The second-order valence-electron chi connectivity index (χ2n) is 5.52. The van der Waals surface area contributed by atoms with Crippen LogP contribution < -0.4 is 19.6 Å². The van der Waals surface area contributed by atoms with Crippen molar-refractivity contribution in [2.24, 2.45) is 0 Å². The summed E-state index contributed by atoms with van der Waals surface area (Å²) in [5.41, 5.74) is 1.98. The lowest BCUT2D eigenvalue weighted by molar-refractivity contribution is 0.393. The predicted molar refractivity (Wildman–Crippen MR) is 97.0 cm³/mol. The first-order valence-corrected chi connectivity index (χ1v) is 7.99. The van der Waals surface area contributed by atoms with Gasteiger partial charge in [0.1, 0.15) is 34.0 Å². The lowest BCUT2D eigenvalue weighted by atomic mass is 10.0. The highest BCUT2D eigenvalue weighted by Crippen LogP contribution is 2.36. The zero-order valence-electron chi connectivity index (χ0n) is 14.7. The molecule has 0 bridgehead atoms. The van der Waals surface area contributed by atoms with Crippen LogP contribution in [0, 0.1) is 0 Å². The average molecular weight is 340 g/mol. The van der Waals surface area contributed by atoms with Gasteiger partial charge >= 0.3 is 0 Å². The smallest absolute Gasteiger partial charge is 0.197 e. The fraction of sp³-hybridized carbons (Fsp3) is 0.250. The van der Waals surface area contributed by atoms with Gasteiger partial charge in [-0.05, 0) is 30.7 Å². The summed E-state index contributed by atoms with van der Waals surface area (Å²) in [6.45, 7) is 1.99. The molecule has 130 valence electrons. The van der Waals surface area contributed by atoms with Gasteiger partial charge in [-0.25, -0.2) is 0 Å². The van der Waals surface area contributed by atoms with Crippen LogP contribution >= 0.6 is 0 Å². The van der Waals surface area contributed by atoms with Crippen molar-refractivity contribution in [2.75, 3.05) is 21.3 Å². The molecule has 1 aromatic heterocycles. The number of fused-ring (bicyclic) bond motifs is 1. The van der Waals surface area contributed by atoms with Gasteiger partial charge in [-0.3, -0.25) is 4.79 Å².